The van der Waals surface area contributed by atoms with Gasteiger partial charge in [-0.05, 0) is 78.6 Å². The van der Waals surface area contributed by atoms with Crippen molar-refractivity contribution in [2.45, 2.75) is 66.7 Å². The maximum atomic E-state index is 13.2. The topological polar surface area (TPSA) is 164 Å². The van der Waals surface area contributed by atoms with E-state index < -0.39 is 26.6 Å². The van der Waals surface area contributed by atoms with Crippen LogP contribution in [0.4, 0.5) is 21.9 Å². The number of anilines is 3. The van der Waals surface area contributed by atoms with Crippen LogP contribution in [0.3, 0.4) is 0 Å². The van der Waals surface area contributed by atoms with Gasteiger partial charge >= 0.3 is 25.8 Å². The zero-order valence-electron chi connectivity index (χ0n) is 29.0. The Morgan fingerprint density at radius 2 is 1.45 bits per heavy atom. The highest BCUT2D eigenvalue weighted by molar-refractivity contribution is 7.46. The van der Waals surface area contributed by atoms with Crippen molar-refractivity contribution in [1.82, 2.24) is 0 Å². The number of amides is 2. The lowest BCUT2D eigenvalue weighted by Gasteiger charge is -2.31. The Labute approximate surface area is 288 Å². The summed E-state index contributed by atoms with van der Waals surface area (Å²) in [5.41, 5.74) is 4.64. The third kappa shape index (κ3) is 13.9. The van der Waals surface area contributed by atoms with Crippen LogP contribution in [-0.2, 0) is 30.0 Å². The highest BCUT2D eigenvalue weighted by atomic mass is 31.2. The molecule has 0 saturated heterocycles. The number of rotatable bonds is 17. The highest BCUT2D eigenvalue weighted by Gasteiger charge is 2.22. The van der Waals surface area contributed by atoms with E-state index in [1.54, 1.807) is 0 Å². The number of phosphoric acid groups is 1. The molecule has 3 aromatic carbocycles. The summed E-state index contributed by atoms with van der Waals surface area (Å²) in [5, 5.41) is 5.95. The van der Waals surface area contributed by atoms with Crippen LogP contribution in [0.15, 0.2) is 66.7 Å². The number of nitrogens with one attached hydrogen (secondary N) is 2. The number of aryl methyl sites for hydroxylation is 1. The van der Waals surface area contributed by atoms with Crippen LogP contribution in [-0.4, -0.2) is 47.6 Å². The Morgan fingerprint density at radius 3 is 2.02 bits per heavy atom. The number of ether oxygens (including phenoxy) is 2. The molecule has 0 aliphatic rings. The van der Waals surface area contributed by atoms with Gasteiger partial charge in [0.2, 0.25) is 6.79 Å². The van der Waals surface area contributed by atoms with Crippen molar-refractivity contribution < 1.29 is 42.7 Å². The second kappa shape index (κ2) is 18.4. The molecule has 0 unspecified atom stereocenters. The van der Waals surface area contributed by atoms with Gasteiger partial charge in [-0.15, -0.1) is 0 Å². The van der Waals surface area contributed by atoms with E-state index >= 15 is 0 Å². The minimum Gasteiger partial charge on any atom is -0.428 e. The zero-order chi connectivity index (χ0) is 36.1. The third-order valence-electron chi connectivity index (χ3n) is 7.40. The summed E-state index contributed by atoms with van der Waals surface area (Å²) in [5.74, 6) is -0.695. The maximum Gasteiger partial charge on any atom is 0.524 e. The van der Waals surface area contributed by atoms with Gasteiger partial charge in [-0.25, -0.2) is 9.36 Å². The number of carbonyl (C=O) groups excluding carboxylic acids is 3. The molecule has 3 rings (SSSR count). The van der Waals surface area contributed by atoms with E-state index in [-0.39, 0.29) is 30.5 Å². The predicted octanol–water partition coefficient (Wildman–Crippen LogP) is 7.40. The van der Waals surface area contributed by atoms with Crippen LogP contribution in [0.25, 0.3) is 0 Å². The van der Waals surface area contributed by atoms with Gasteiger partial charge in [-0.2, -0.15) is 0 Å². The number of benzene rings is 3. The van der Waals surface area contributed by atoms with Gasteiger partial charge in [0.1, 0.15) is 5.75 Å². The van der Waals surface area contributed by atoms with Crippen LogP contribution in [0.2, 0.25) is 0 Å². The van der Waals surface area contributed by atoms with Gasteiger partial charge in [0.05, 0.1) is 24.2 Å². The summed E-state index contributed by atoms with van der Waals surface area (Å²) in [4.78, 5) is 58.3. The van der Waals surface area contributed by atoms with Crippen molar-refractivity contribution in [2.75, 3.05) is 35.4 Å². The molecule has 0 heterocycles. The quantitative estimate of drug-likeness (QED) is 0.0635. The van der Waals surface area contributed by atoms with Crippen LogP contribution in [0.5, 0.6) is 5.75 Å². The Kier molecular flexibility index (Phi) is 14.7. The first-order valence-corrected chi connectivity index (χ1v) is 17.8. The Bertz CT molecular complexity index is 1580. The lowest BCUT2D eigenvalue weighted by atomic mass is 9.92. The second-order valence-electron chi connectivity index (χ2n) is 12.8. The largest absolute Gasteiger partial charge is 0.524 e. The summed E-state index contributed by atoms with van der Waals surface area (Å²) in [6.07, 6.45) is 0.507. The average molecular weight is 698 g/mol. The fourth-order valence-electron chi connectivity index (χ4n) is 5.20. The van der Waals surface area contributed by atoms with Crippen molar-refractivity contribution in [2.24, 2.45) is 11.8 Å². The molecule has 0 saturated carbocycles. The van der Waals surface area contributed by atoms with Gasteiger partial charge in [0.25, 0.3) is 0 Å². The van der Waals surface area contributed by atoms with Crippen molar-refractivity contribution in [3.05, 3.63) is 83.4 Å². The minimum atomic E-state index is -4.69. The van der Waals surface area contributed by atoms with Crippen LogP contribution < -0.4 is 20.1 Å². The molecule has 0 aromatic heterocycles. The SMILES string of the molecule is CC[C@@H](CC(=O)OCOC(=O)Cc1ccc(OP(=O)(O)O)cc1)c1ccc(N(CC(C)C)CC(C)C)c(NC(=O)Nc2ccc(C)cc2)c1. The maximum absolute atomic E-state index is 13.2. The molecule has 12 nitrogen and oxygen atoms in total. The average Bonchev–Trinajstić information content (AvgIpc) is 3.00. The van der Waals surface area contributed by atoms with E-state index in [4.69, 9.17) is 19.3 Å². The number of urea groups is 1. The molecule has 49 heavy (non-hydrogen) atoms. The van der Waals surface area contributed by atoms with Gasteiger partial charge in [0, 0.05) is 18.8 Å². The normalized spacial score (nSPS) is 12.0. The molecule has 0 radical (unpaired) electrons. The van der Waals surface area contributed by atoms with Crippen molar-refractivity contribution in [3.8, 4) is 5.75 Å². The summed E-state index contributed by atoms with van der Waals surface area (Å²) >= 11 is 0. The Hall–Kier alpha value is -4.38. The van der Waals surface area contributed by atoms with Gasteiger partial charge in [0.15, 0.2) is 0 Å². The molecule has 1 atom stereocenters. The van der Waals surface area contributed by atoms with E-state index in [9.17, 15) is 18.9 Å². The molecule has 0 aliphatic carbocycles. The summed E-state index contributed by atoms with van der Waals surface area (Å²) in [6.45, 7) is 13.6. The number of hydrogen-bond donors (Lipinski definition) is 4. The number of phosphoric ester groups is 1. The molecule has 4 N–H and O–H groups in total. The first kappa shape index (κ1) is 39.1. The third-order valence-corrected chi connectivity index (χ3v) is 7.85. The van der Waals surface area contributed by atoms with Crippen LogP contribution >= 0.6 is 7.82 Å². The fourth-order valence-corrected chi connectivity index (χ4v) is 5.60. The lowest BCUT2D eigenvalue weighted by Crippen LogP contribution is -2.32. The molecular formula is C36H48N3O9P. The Morgan fingerprint density at radius 1 is 0.837 bits per heavy atom. The van der Waals surface area contributed by atoms with Gasteiger partial charge in [-0.3, -0.25) is 19.4 Å². The summed E-state index contributed by atoms with van der Waals surface area (Å²) < 4.78 is 25.7. The number of nitrogens with zero attached hydrogens (tertiary/aromatic N) is 1. The van der Waals surface area contributed by atoms with Crippen LogP contribution in [0, 0.1) is 18.8 Å². The van der Waals surface area contributed by atoms with Crippen LogP contribution in [0.1, 0.15) is 70.1 Å². The molecule has 3 aromatic rings. The van der Waals surface area contributed by atoms with Crippen molar-refractivity contribution >= 4 is 42.9 Å². The van der Waals surface area contributed by atoms with Crippen molar-refractivity contribution in [1.29, 1.82) is 0 Å². The van der Waals surface area contributed by atoms with Gasteiger partial charge in [-0.1, -0.05) is 70.5 Å². The molecule has 266 valence electrons. The number of carbonyl (C=O) groups is 3. The smallest absolute Gasteiger partial charge is 0.428 e. The minimum absolute atomic E-state index is 0.0329. The molecule has 2 amide bonds. The summed E-state index contributed by atoms with van der Waals surface area (Å²) in [6, 6.07) is 18.6. The predicted molar refractivity (Wildman–Crippen MR) is 190 cm³/mol. The molecule has 0 aliphatic heterocycles. The van der Waals surface area contributed by atoms with E-state index in [1.807, 2.05) is 56.3 Å². The van der Waals surface area contributed by atoms with Gasteiger partial charge < -0.3 is 29.5 Å². The van der Waals surface area contributed by atoms with Crippen molar-refractivity contribution in [3.63, 3.8) is 0 Å². The second-order valence-corrected chi connectivity index (χ2v) is 13.9. The zero-order valence-corrected chi connectivity index (χ0v) is 29.9. The number of esters is 2. The molecule has 0 spiro atoms. The number of hydrogen-bond acceptors (Lipinski definition) is 8. The standard InChI is InChI=1S/C36H48N3O9P/c1-7-28(20-35(41)47-23-46-34(40)18-27-10-15-31(16-11-27)48-49(43,44)45)29-12-17-33(39(21-24(2)3)22-25(4)5)32(19-29)38-36(42)37-30-13-8-26(6)9-14-30/h8-17,19,24-25,28H,7,18,20-23H2,1-6H3,(H2,37,38,42)(H2,43,44,45)/t28-/m0/s1. The van der Waals surface area contributed by atoms with E-state index in [2.05, 4.69) is 47.8 Å². The summed E-state index contributed by atoms with van der Waals surface area (Å²) in [7, 11) is -4.69. The molecule has 0 fully saturated rings. The fraction of sp³-hybridized carbons (Fsp3) is 0.417. The van der Waals surface area contributed by atoms with E-state index in [0.717, 1.165) is 29.9 Å². The first-order valence-electron chi connectivity index (χ1n) is 16.3. The Balaban J connectivity index is 1.67. The van der Waals surface area contributed by atoms with E-state index in [1.165, 1.54) is 24.3 Å². The van der Waals surface area contributed by atoms with E-state index in [0.29, 0.717) is 35.2 Å². The highest BCUT2D eigenvalue weighted by Crippen LogP contribution is 2.37. The first-order chi connectivity index (χ1) is 23.1. The lowest BCUT2D eigenvalue weighted by molar-refractivity contribution is -0.167. The molecular weight excluding hydrogens is 649 g/mol. The monoisotopic (exact) mass is 697 g/mol. The molecule has 13 heteroatoms. The molecule has 0 bridgehead atoms.